The molecule has 0 bridgehead atoms. The first kappa shape index (κ1) is 14.6. The highest BCUT2D eigenvalue weighted by molar-refractivity contribution is 6.39. The highest BCUT2D eigenvalue weighted by Gasteiger charge is 2.28. The molecule has 0 fully saturated rings. The van der Waals surface area contributed by atoms with E-state index < -0.39 is 0 Å². The molecule has 1 rings (SSSR count). The van der Waals surface area contributed by atoms with Gasteiger partial charge in [0, 0.05) is 25.5 Å². The molecular weight excluding hydrogens is 234 g/mol. The maximum absolute atomic E-state index is 12.0. The molecule has 0 saturated carbocycles. The number of hydrogen-bond donors (Lipinski definition) is 3. The molecule has 1 atom stereocenters. The minimum absolute atomic E-state index is 0.0193. The summed E-state index contributed by atoms with van der Waals surface area (Å²) in [7, 11) is 0. The van der Waals surface area contributed by atoms with Crippen molar-refractivity contribution in [3.8, 4) is 0 Å². The third-order valence-corrected chi connectivity index (χ3v) is 2.94. The Hall–Kier alpha value is -1.43. The Kier molecular flexibility index (Phi) is 4.84. The lowest BCUT2D eigenvalue weighted by Crippen LogP contribution is -2.48. The van der Waals surface area contributed by atoms with Crippen molar-refractivity contribution in [1.82, 2.24) is 10.7 Å². The molecule has 2 amide bonds. The highest BCUT2D eigenvalue weighted by Crippen LogP contribution is 2.21. The van der Waals surface area contributed by atoms with E-state index in [1.807, 2.05) is 20.8 Å². The second-order valence-corrected chi connectivity index (χ2v) is 5.50. The van der Waals surface area contributed by atoms with E-state index in [0.717, 1.165) is 0 Å². The summed E-state index contributed by atoms with van der Waals surface area (Å²) in [4.78, 5) is 22.9. The van der Waals surface area contributed by atoms with Gasteiger partial charge >= 0.3 is 0 Å². The molecule has 18 heavy (non-hydrogen) atoms. The molecule has 1 heterocycles. The molecule has 0 aromatic rings. The zero-order valence-electron chi connectivity index (χ0n) is 11.1. The summed E-state index contributed by atoms with van der Waals surface area (Å²) < 4.78 is 0. The third-order valence-electron chi connectivity index (χ3n) is 2.94. The number of rotatable bonds is 4. The first-order valence-electron chi connectivity index (χ1n) is 6.11. The van der Waals surface area contributed by atoms with Crippen LogP contribution in [-0.2, 0) is 9.59 Å². The lowest BCUT2D eigenvalue weighted by Gasteiger charge is -2.31. The van der Waals surface area contributed by atoms with Gasteiger partial charge in [0.15, 0.2) is 0 Å². The zero-order valence-corrected chi connectivity index (χ0v) is 11.1. The second-order valence-electron chi connectivity index (χ2n) is 5.50. The summed E-state index contributed by atoms with van der Waals surface area (Å²) in [6, 6.07) is -0.129. The van der Waals surface area contributed by atoms with E-state index in [1.54, 1.807) is 0 Å². The van der Waals surface area contributed by atoms with Crippen LogP contribution in [0.15, 0.2) is 5.10 Å². The Labute approximate surface area is 107 Å². The molecule has 0 aliphatic carbocycles. The number of nitrogens with one attached hydrogen (secondary N) is 2. The standard InChI is InChI=1S/C12H21N3O3/c1-12(2,3)9(6-7-16)13-11(18)8-4-5-10(17)15-14-8/h9,16H,4-7H2,1-3H3,(H,13,18)(H,15,17). The summed E-state index contributed by atoms with van der Waals surface area (Å²) in [5, 5.41) is 15.6. The maximum atomic E-state index is 12.0. The predicted molar refractivity (Wildman–Crippen MR) is 67.9 cm³/mol. The van der Waals surface area contributed by atoms with Gasteiger partial charge in [0.2, 0.25) is 5.91 Å². The quantitative estimate of drug-likeness (QED) is 0.668. The van der Waals surface area contributed by atoms with E-state index in [1.165, 1.54) is 0 Å². The van der Waals surface area contributed by atoms with Crippen molar-refractivity contribution < 1.29 is 14.7 Å². The first-order valence-corrected chi connectivity index (χ1v) is 6.11. The van der Waals surface area contributed by atoms with Gasteiger partial charge in [-0.05, 0) is 11.8 Å². The number of amides is 2. The number of aliphatic hydroxyl groups is 1. The van der Waals surface area contributed by atoms with Gasteiger partial charge in [-0.2, -0.15) is 5.10 Å². The lowest BCUT2D eigenvalue weighted by molar-refractivity contribution is -0.121. The summed E-state index contributed by atoms with van der Waals surface area (Å²) >= 11 is 0. The smallest absolute Gasteiger partial charge is 0.267 e. The van der Waals surface area contributed by atoms with Crippen LogP contribution in [0.1, 0.15) is 40.0 Å². The molecule has 1 unspecified atom stereocenters. The Balaban J connectivity index is 2.64. The molecule has 102 valence electrons. The Bertz CT molecular complexity index is 358. The van der Waals surface area contributed by atoms with Gasteiger partial charge in [0.25, 0.3) is 5.91 Å². The molecule has 3 N–H and O–H groups in total. The monoisotopic (exact) mass is 255 g/mol. The second kappa shape index (κ2) is 5.95. The number of hydrazone groups is 1. The van der Waals surface area contributed by atoms with Gasteiger partial charge < -0.3 is 10.4 Å². The van der Waals surface area contributed by atoms with E-state index in [9.17, 15) is 9.59 Å². The molecule has 6 nitrogen and oxygen atoms in total. The third kappa shape index (κ3) is 4.10. The topological polar surface area (TPSA) is 90.8 Å². The van der Waals surface area contributed by atoms with Crippen molar-refractivity contribution in [2.24, 2.45) is 10.5 Å². The van der Waals surface area contributed by atoms with E-state index in [0.29, 0.717) is 18.6 Å². The Morgan fingerprint density at radius 3 is 2.61 bits per heavy atom. The number of aliphatic hydroxyl groups excluding tert-OH is 1. The van der Waals surface area contributed by atoms with Crippen LogP contribution in [-0.4, -0.2) is 35.3 Å². The van der Waals surface area contributed by atoms with Gasteiger partial charge in [-0.1, -0.05) is 20.8 Å². The van der Waals surface area contributed by atoms with E-state index in [2.05, 4.69) is 15.8 Å². The maximum Gasteiger partial charge on any atom is 0.267 e. The number of carbonyl (C=O) groups is 2. The van der Waals surface area contributed by atoms with Crippen LogP contribution in [0.4, 0.5) is 0 Å². The van der Waals surface area contributed by atoms with Crippen molar-refractivity contribution in [2.75, 3.05) is 6.61 Å². The average Bonchev–Trinajstić information content (AvgIpc) is 2.28. The largest absolute Gasteiger partial charge is 0.396 e. The molecule has 0 spiro atoms. The SMILES string of the molecule is CC(C)(C)C(CCO)NC(=O)C1=NNC(=O)CC1. The normalized spacial score (nSPS) is 17.8. The first-order chi connectivity index (χ1) is 8.34. The summed E-state index contributed by atoms with van der Waals surface area (Å²) in [5.41, 5.74) is 2.49. The molecule has 0 aromatic heterocycles. The molecule has 0 aromatic carbocycles. The van der Waals surface area contributed by atoms with Gasteiger partial charge in [-0.3, -0.25) is 9.59 Å². The minimum atomic E-state index is -0.275. The van der Waals surface area contributed by atoms with Gasteiger partial charge in [-0.15, -0.1) is 0 Å². The van der Waals surface area contributed by atoms with E-state index in [4.69, 9.17) is 5.11 Å². The van der Waals surface area contributed by atoms with E-state index >= 15 is 0 Å². The molecule has 0 saturated heterocycles. The van der Waals surface area contributed by atoms with E-state index in [-0.39, 0.29) is 36.3 Å². The lowest BCUT2D eigenvalue weighted by atomic mass is 9.84. The molecular formula is C12H21N3O3. The van der Waals surface area contributed by atoms with Crippen LogP contribution in [0, 0.1) is 5.41 Å². The van der Waals surface area contributed by atoms with Gasteiger partial charge in [0.05, 0.1) is 0 Å². The Morgan fingerprint density at radius 1 is 1.50 bits per heavy atom. The number of hydrogen-bond acceptors (Lipinski definition) is 4. The fourth-order valence-corrected chi connectivity index (χ4v) is 1.73. The molecule has 1 aliphatic rings. The van der Waals surface area contributed by atoms with Crippen molar-refractivity contribution >= 4 is 17.5 Å². The summed E-state index contributed by atoms with van der Waals surface area (Å²) in [6.45, 7) is 6.01. The minimum Gasteiger partial charge on any atom is -0.396 e. The fourth-order valence-electron chi connectivity index (χ4n) is 1.73. The predicted octanol–water partition coefficient (Wildman–Crippen LogP) is 0.166. The van der Waals surface area contributed by atoms with Crippen LogP contribution >= 0.6 is 0 Å². The van der Waals surface area contributed by atoms with Crippen molar-refractivity contribution in [2.45, 2.75) is 46.1 Å². The van der Waals surface area contributed by atoms with Crippen LogP contribution in [0.3, 0.4) is 0 Å². The summed E-state index contributed by atoms with van der Waals surface area (Å²) in [5.74, 6) is -0.447. The van der Waals surface area contributed by atoms with Gasteiger partial charge in [0.1, 0.15) is 5.71 Å². The van der Waals surface area contributed by atoms with Crippen LogP contribution in [0.2, 0.25) is 0 Å². The zero-order chi connectivity index (χ0) is 13.8. The van der Waals surface area contributed by atoms with Crippen molar-refractivity contribution in [3.05, 3.63) is 0 Å². The molecule has 1 aliphatic heterocycles. The van der Waals surface area contributed by atoms with Crippen molar-refractivity contribution in [1.29, 1.82) is 0 Å². The highest BCUT2D eigenvalue weighted by atomic mass is 16.3. The Morgan fingerprint density at radius 2 is 2.17 bits per heavy atom. The van der Waals surface area contributed by atoms with Gasteiger partial charge in [-0.25, -0.2) is 5.43 Å². The van der Waals surface area contributed by atoms with Crippen LogP contribution < -0.4 is 10.7 Å². The molecule has 0 radical (unpaired) electrons. The van der Waals surface area contributed by atoms with Crippen LogP contribution in [0.25, 0.3) is 0 Å². The summed E-state index contributed by atoms with van der Waals surface area (Å²) in [6.07, 6.45) is 1.13. The fraction of sp³-hybridized carbons (Fsp3) is 0.750. The average molecular weight is 255 g/mol. The number of nitrogens with zero attached hydrogens (tertiary/aromatic N) is 1. The van der Waals surface area contributed by atoms with Crippen LogP contribution in [0.5, 0.6) is 0 Å². The van der Waals surface area contributed by atoms with Crippen molar-refractivity contribution in [3.63, 3.8) is 0 Å². The number of carbonyl (C=O) groups excluding carboxylic acids is 2. The molecule has 6 heteroatoms.